The highest BCUT2D eigenvalue weighted by molar-refractivity contribution is 5.73. The monoisotopic (exact) mass is 863 g/mol. The third-order valence-electron chi connectivity index (χ3n) is 10.9. The summed E-state index contributed by atoms with van der Waals surface area (Å²) in [6, 6.07) is -1.59. The highest BCUT2D eigenvalue weighted by Gasteiger charge is 2.57. The predicted octanol–water partition coefficient (Wildman–Crippen LogP) is -8.13. The smallest absolute Gasteiger partial charge is 0.303 e. The second kappa shape index (κ2) is 20.1. The minimum Gasteiger partial charge on any atom is -0.457 e. The van der Waals surface area contributed by atoms with Crippen molar-refractivity contribution in [2.45, 2.75) is 188 Å². The Hall–Kier alpha value is -1.90. The minimum absolute atomic E-state index is 0.735. The zero-order valence-electron chi connectivity index (χ0n) is 32.6. The van der Waals surface area contributed by atoms with Crippen LogP contribution in [0, 0.1) is 0 Å². The van der Waals surface area contributed by atoms with Gasteiger partial charge in [0, 0.05) is 13.8 Å². The average Bonchev–Trinajstić information content (AvgIpc) is 3.18. The molecule has 5 fully saturated rings. The van der Waals surface area contributed by atoms with Gasteiger partial charge in [0.05, 0.1) is 31.5 Å². The summed E-state index contributed by atoms with van der Waals surface area (Å²) < 4.78 is 57.1. The number of hydrogen-bond donors (Lipinski definition) is 13. The van der Waals surface area contributed by atoms with Crippen molar-refractivity contribution >= 4 is 11.9 Å². The van der Waals surface area contributed by atoms with Crippen molar-refractivity contribution < 1.29 is 118 Å². The van der Waals surface area contributed by atoms with E-state index in [0.717, 1.165) is 13.8 Å². The van der Waals surface area contributed by atoms with E-state index in [-0.39, 0.29) is 0 Å². The first-order chi connectivity index (χ1) is 27.7. The van der Waals surface area contributed by atoms with Gasteiger partial charge in [0.15, 0.2) is 37.6 Å². The highest BCUT2D eigenvalue weighted by atomic mass is 16.8. The topological polar surface area (TPSA) is 381 Å². The number of nitrogens with one attached hydrogen (secondary N) is 1. The molecule has 1 amide bonds. The van der Waals surface area contributed by atoms with Gasteiger partial charge >= 0.3 is 5.97 Å². The van der Waals surface area contributed by atoms with E-state index in [2.05, 4.69) is 5.32 Å². The number of aliphatic hydroxyl groups excluding tert-OH is 12. The zero-order valence-corrected chi connectivity index (χ0v) is 32.6. The Kier molecular flexibility index (Phi) is 16.4. The Morgan fingerprint density at radius 1 is 0.475 bits per heavy atom. The fourth-order valence-corrected chi connectivity index (χ4v) is 7.55. The second-order valence-electron chi connectivity index (χ2n) is 15.2. The Labute approximate surface area is 336 Å². The van der Waals surface area contributed by atoms with Crippen LogP contribution in [0.1, 0.15) is 34.6 Å². The van der Waals surface area contributed by atoms with Gasteiger partial charge in [-0.1, -0.05) is 0 Å². The molecule has 25 heteroatoms. The van der Waals surface area contributed by atoms with Crippen LogP contribution in [0.5, 0.6) is 0 Å². The van der Waals surface area contributed by atoms with Gasteiger partial charge in [0.2, 0.25) is 5.91 Å². The lowest BCUT2D eigenvalue weighted by Gasteiger charge is -2.50. The van der Waals surface area contributed by atoms with E-state index in [9.17, 15) is 70.9 Å². The summed E-state index contributed by atoms with van der Waals surface area (Å²) in [5.74, 6) is -1.58. The van der Waals surface area contributed by atoms with Crippen molar-refractivity contribution in [3.8, 4) is 0 Å². The molecule has 0 unspecified atom stereocenters. The lowest BCUT2D eigenvalue weighted by Crippen LogP contribution is -2.70. The first kappa shape index (κ1) is 48.1. The summed E-state index contributed by atoms with van der Waals surface area (Å²) in [6.07, 6.45) is -40.4. The number of amides is 1. The summed E-state index contributed by atoms with van der Waals surface area (Å²) in [5, 5.41) is 131. The molecule has 13 N–H and O–H groups in total. The molecule has 5 aliphatic heterocycles. The summed E-state index contributed by atoms with van der Waals surface area (Å²) in [7, 11) is 0. The van der Waals surface area contributed by atoms with Crippen molar-refractivity contribution in [3.05, 3.63) is 0 Å². The molecule has 342 valence electrons. The lowest BCUT2D eigenvalue weighted by molar-refractivity contribution is -0.393. The van der Waals surface area contributed by atoms with Crippen LogP contribution in [0.25, 0.3) is 0 Å². The Morgan fingerprint density at radius 3 is 1.51 bits per heavy atom. The largest absolute Gasteiger partial charge is 0.457 e. The molecule has 5 saturated heterocycles. The molecular weight excluding hydrogens is 806 g/mol. The Balaban J connectivity index is 1.42. The van der Waals surface area contributed by atoms with Gasteiger partial charge in [0.25, 0.3) is 0 Å². The number of carbonyl (C=O) groups excluding carboxylic acids is 2. The van der Waals surface area contributed by atoms with E-state index >= 15 is 0 Å². The van der Waals surface area contributed by atoms with Gasteiger partial charge in [-0.2, -0.15) is 0 Å². The molecule has 0 bridgehead atoms. The molecule has 59 heavy (non-hydrogen) atoms. The van der Waals surface area contributed by atoms with Crippen LogP contribution in [0.2, 0.25) is 0 Å². The zero-order chi connectivity index (χ0) is 43.8. The molecular formula is C34H57NO24. The van der Waals surface area contributed by atoms with Gasteiger partial charge in [-0.15, -0.1) is 0 Å². The first-order valence-electron chi connectivity index (χ1n) is 19.1. The number of esters is 1. The summed E-state index contributed by atoms with van der Waals surface area (Å²) in [6.45, 7) is 4.48. The van der Waals surface area contributed by atoms with Crippen molar-refractivity contribution in [1.29, 1.82) is 0 Å². The predicted molar refractivity (Wildman–Crippen MR) is 183 cm³/mol. The molecule has 5 aliphatic rings. The molecule has 25 atom stereocenters. The van der Waals surface area contributed by atoms with Crippen molar-refractivity contribution in [2.75, 3.05) is 13.2 Å². The van der Waals surface area contributed by atoms with Crippen molar-refractivity contribution in [2.24, 2.45) is 0 Å². The lowest BCUT2D eigenvalue weighted by atomic mass is 9.94. The van der Waals surface area contributed by atoms with Crippen LogP contribution in [0.4, 0.5) is 0 Å². The number of ether oxygens (including phenoxy) is 10. The van der Waals surface area contributed by atoms with E-state index in [4.69, 9.17) is 47.4 Å². The van der Waals surface area contributed by atoms with Crippen LogP contribution in [0.15, 0.2) is 0 Å². The van der Waals surface area contributed by atoms with E-state index in [1.807, 2.05) is 0 Å². The minimum atomic E-state index is -2.04. The molecule has 25 nitrogen and oxygen atoms in total. The van der Waals surface area contributed by atoms with E-state index in [1.165, 1.54) is 20.8 Å². The van der Waals surface area contributed by atoms with Crippen LogP contribution in [-0.4, -0.2) is 240 Å². The molecule has 0 aromatic carbocycles. The normalized spacial score (nSPS) is 50.8. The fourth-order valence-electron chi connectivity index (χ4n) is 7.55. The molecule has 5 rings (SSSR count). The van der Waals surface area contributed by atoms with Crippen LogP contribution in [0.3, 0.4) is 0 Å². The van der Waals surface area contributed by atoms with E-state index in [0.29, 0.717) is 0 Å². The quantitative estimate of drug-likeness (QED) is 0.0810. The molecule has 0 aliphatic carbocycles. The molecule has 5 heterocycles. The summed E-state index contributed by atoms with van der Waals surface area (Å²) >= 11 is 0. The van der Waals surface area contributed by atoms with Crippen LogP contribution >= 0.6 is 0 Å². The molecule has 0 radical (unpaired) electrons. The first-order valence-corrected chi connectivity index (χ1v) is 19.1. The molecule has 0 aromatic heterocycles. The van der Waals surface area contributed by atoms with Gasteiger partial charge in [0.1, 0.15) is 97.6 Å². The SMILES string of the molecule is CC(=O)N[C@@H]1[C@@H](O[C@@H]2O[C@@H](C)[C@H](O)[C@@H](O[C@@H]3O[C@@H](C)[C@H](O)[C@@H](O)[C@H]3O[C@@H]3O[C@@H](C)[C@H](O)[C@@H](OC(C)=O)[C@H]3O)[C@H]2O)[C@H](O[C@H]2O[C@H](CO)[C@@H](O)[C@H](O)[C@H]2O)[C@@H](CO)O[C@H]1O. The second-order valence-corrected chi connectivity index (χ2v) is 15.2. The number of aliphatic hydroxyl groups is 12. The standard InChI is InChI=1S/C34H57NO24/c1-8-16(40)21(45)29(59-33-23(47)27(53-12(5)39)17(41)9(2)51-33)34(52-8)58-28-18(42)10(3)50-32(24(28)48)57-26-15(35-11(4)38)30(49)54-14(7-37)25(26)56-31-22(46)20(44)19(43)13(6-36)55-31/h8-10,13-34,36-37,40-49H,6-7H2,1-5H3,(H,35,38)/t8-,9-,10-,13+,14+,15+,16-,17-,18-,19+,20-,21+,22+,23+,24+,25+,26+,27+,28+,29+,30+,31+,32-,33-,34-/m0/s1. The fraction of sp³-hybridized carbons (Fsp3) is 0.941. The van der Waals surface area contributed by atoms with Crippen LogP contribution < -0.4 is 5.32 Å². The highest BCUT2D eigenvalue weighted by Crippen LogP contribution is 2.36. The third-order valence-corrected chi connectivity index (χ3v) is 10.9. The molecule has 0 saturated carbocycles. The molecule has 0 spiro atoms. The number of hydrogen-bond acceptors (Lipinski definition) is 24. The summed E-state index contributed by atoms with van der Waals surface area (Å²) in [4.78, 5) is 24.1. The van der Waals surface area contributed by atoms with Gasteiger partial charge < -0.3 is 114 Å². The maximum Gasteiger partial charge on any atom is 0.303 e. The van der Waals surface area contributed by atoms with E-state index < -0.39 is 179 Å². The molecule has 0 aromatic rings. The average molecular weight is 864 g/mol. The maximum absolute atomic E-state index is 12.3. The summed E-state index contributed by atoms with van der Waals surface area (Å²) in [5.41, 5.74) is 0. The van der Waals surface area contributed by atoms with Crippen LogP contribution in [-0.2, 0) is 57.0 Å². The Bertz CT molecular complexity index is 1380. The van der Waals surface area contributed by atoms with E-state index in [1.54, 1.807) is 0 Å². The maximum atomic E-state index is 12.3. The van der Waals surface area contributed by atoms with Gasteiger partial charge in [-0.3, -0.25) is 9.59 Å². The van der Waals surface area contributed by atoms with Gasteiger partial charge in [-0.25, -0.2) is 0 Å². The van der Waals surface area contributed by atoms with Crippen molar-refractivity contribution in [3.63, 3.8) is 0 Å². The number of carbonyl (C=O) groups is 2. The van der Waals surface area contributed by atoms with Gasteiger partial charge in [-0.05, 0) is 20.8 Å². The Morgan fingerprint density at radius 2 is 0.949 bits per heavy atom. The van der Waals surface area contributed by atoms with Crippen molar-refractivity contribution in [1.82, 2.24) is 5.32 Å². The third kappa shape index (κ3) is 10.3. The number of rotatable bonds is 12.